The molecule has 0 spiro atoms. The van der Waals surface area contributed by atoms with Crippen molar-refractivity contribution in [2.45, 2.75) is 32.2 Å². The first-order valence-electron chi connectivity index (χ1n) is 5.95. The van der Waals surface area contributed by atoms with E-state index >= 15 is 0 Å². The van der Waals surface area contributed by atoms with Crippen LogP contribution in [-0.4, -0.2) is 33.9 Å². The second kappa shape index (κ2) is 7.45. The molecule has 106 valence electrons. The Kier molecular flexibility index (Phi) is 6.24. The average Bonchev–Trinajstić information content (AvgIpc) is 2.38. The number of aliphatic hydroxyl groups is 3. The summed E-state index contributed by atoms with van der Waals surface area (Å²) in [6, 6.07) is 4.75. The van der Waals surface area contributed by atoms with E-state index in [-0.39, 0.29) is 25.5 Å². The highest BCUT2D eigenvalue weighted by Gasteiger charge is 2.20. The van der Waals surface area contributed by atoms with Gasteiger partial charge in [0.15, 0.2) is 0 Å². The van der Waals surface area contributed by atoms with E-state index < -0.39 is 12.2 Å². The summed E-state index contributed by atoms with van der Waals surface area (Å²) in [5.74, 6) is -0.193. The Morgan fingerprint density at radius 3 is 2.68 bits per heavy atom. The van der Waals surface area contributed by atoms with Crippen LogP contribution in [0.2, 0.25) is 5.02 Å². The lowest BCUT2D eigenvalue weighted by Gasteiger charge is -2.20. The Hall–Kier alpha value is -1.14. The maximum Gasteiger partial charge on any atom is 0.216 e. The zero-order valence-corrected chi connectivity index (χ0v) is 11.4. The molecule has 1 aromatic carbocycles. The van der Waals surface area contributed by atoms with Gasteiger partial charge in [0.1, 0.15) is 6.10 Å². The van der Waals surface area contributed by atoms with Gasteiger partial charge in [0.05, 0.1) is 12.7 Å². The fourth-order valence-electron chi connectivity index (χ4n) is 1.68. The molecule has 1 aromatic rings. The van der Waals surface area contributed by atoms with E-state index in [1.165, 1.54) is 6.92 Å². The van der Waals surface area contributed by atoms with Crippen molar-refractivity contribution in [2.24, 2.45) is 0 Å². The summed E-state index contributed by atoms with van der Waals surface area (Å²) < 4.78 is 0. The molecule has 0 bridgehead atoms. The van der Waals surface area contributed by atoms with Crippen molar-refractivity contribution in [2.75, 3.05) is 6.54 Å². The molecule has 19 heavy (non-hydrogen) atoms. The highest BCUT2D eigenvalue weighted by Crippen LogP contribution is 2.27. The van der Waals surface area contributed by atoms with Crippen LogP contribution in [0.3, 0.4) is 0 Å². The van der Waals surface area contributed by atoms with E-state index in [1.807, 2.05) is 0 Å². The molecular weight excluding hydrogens is 270 g/mol. The molecule has 6 heteroatoms. The maximum atomic E-state index is 10.7. The normalized spacial score (nSPS) is 13.9. The summed E-state index contributed by atoms with van der Waals surface area (Å²) in [6.45, 7) is 1.48. The van der Waals surface area contributed by atoms with Crippen molar-refractivity contribution in [3.63, 3.8) is 0 Å². The summed E-state index contributed by atoms with van der Waals surface area (Å²) in [7, 11) is 0. The van der Waals surface area contributed by atoms with Crippen molar-refractivity contribution >= 4 is 17.5 Å². The molecule has 0 heterocycles. The lowest BCUT2D eigenvalue weighted by atomic mass is 10.00. The van der Waals surface area contributed by atoms with Gasteiger partial charge in [-0.2, -0.15) is 0 Å². The molecule has 0 aromatic heterocycles. The van der Waals surface area contributed by atoms with Gasteiger partial charge >= 0.3 is 0 Å². The minimum absolute atomic E-state index is 0.168. The van der Waals surface area contributed by atoms with E-state index in [4.69, 9.17) is 16.7 Å². The van der Waals surface area contributed by atoms with Crippen LogP contribution >= 0.6 is 11.6 Å². The quantitative estimate of drug-likeness (QED) is 0.622. The number of benzene rings is 1. The highest BCUT2D eigenvalue weighted by atomic mass is 35.5. The number of amides is 1. The van der Waals surface area contributed by atoms with Crippen molar-refractivity contribution in [1.82, 2.24) is 5.32 Å². The van der Waals surface area contributed by atoms with E-state index in [1.54, 1.807) is 18.2 Å². The summed E-state index contributed by atoms with van der Waals surface area (Å²) in [5, 5.41) is 31.8. The van der Waals surface area contributed by atoms with Crippen LogP contribution in [-0.2, 0) is 11.4 Å². The van der Waals surface area contributed by atoms with E-state index in [0.717, 1.165) is 0 Å². The number of hydrogen-bond acceptors (Lipinski definition) is 4. The SMILES string of the molecule is CC(=O)NCCC(O)C(O)c1cc(CO)ccc1Cl. The Balaban J connectivity index is 2.70. The summed E-state index contributed by atoms with van der Waals surface area (Å²) in [5.41, 5.74) is 0.969. The van der Waals surface area contributed by atoms with Gasteiger partial charge in [-0.3, -0.25) is 4.79 Å². The molecule has 1 amide bonds. The van der Waals surface area contributed by atoms with Crippen LogP contribution in [0.15, 0.2) is 18.2 Å². The van der Waals surface area contributed by atoms with Gasteiger partial charge in [-0.05, 0) is 24.1 Å². The van der Waals surface area contributed by atoms with Crippen LogP contribution in [0.1, 0.15) is 30.6 Å². The predicted molar refractivity (Wildman–Crippen MR) is 71.6 cm³/mol. The third-order valence-corrected chi connectivity index (χ3v) is 3.08. The number of hydrogen-bond donors (Lipinski definition) is 4. The number of carbonyl (C=O) groups excluding carboxylic acids is 1. The average molecular weight is 288 g/mol. The molecule has 0 saturated carbocycles. The van der Waals surface area contributed by atoms with Crippen LogP contribution < -0.4 is 5.32 Å². The van der Waals surface area contributed by atoms with Gasteiger partial charge in [-0.1, -0.05) is 17.7 Å². The summed E-state index contributed by atoms with van der Waals surface area (Å²) in [6.07, 6.45) is -1.99. The smallest absolute Gasteiger partial charge is 0.216 e. The minimum atomic E-state index is -1.16. The molecule has 2 atom stereocenters. The molecule has 0 fully saturated rings. The van der Waals surface area contributed by atoms with Gasteiger partial charge in [-0.15, -0.1) is 0 Å². The third kappa shape index (κ3) is 4.80. The number of nitrogens with one attached hydrogen (secondary N) is 1. The molecule has 1 rings (SSSR count). The van der Waals surface area contributed by atoms with E-state index in [0.29, 0.717) is 16.1 Å². The van der Waals surface area contributed by atoms with Gasteiger partial charge < -0.3 is 20.6 Å². The second-order valence-corrected chi connectivity index (χ2v) is 4.71. The molecule has 0 radical (unpaired) electrons. The fourth-order valence-corrected chi connectivity index (χ4v) is 1.91. The fraction of sp³-hybridized carbons (Fsp3) is 0.462. The monoisotopic (exact) mass is 287 g/mol. The van der Waals surface area contributed by atoms with Crippen molar-refractivity contribution in [3.8, 4) is 0 Å². The van der Waals surface area contributed by atoms with Crippen molar-refractivity contribution in [3.05, 3.63) is 34.3 Å². The van der Waals surface area contributed by atoms with Crippen LogP contribution in [0.4, 0.5) is 0 Å². The lowest BCUT2D eigenvalue weighted by molar-refractivity contribution is -0.119. The zero-order valence-electron chi connectivity index (χ0n) is 10.6. The Bertz CT molecular complexity index is 439. The Morgan fingerprint density at radius 1 is 1.42 bits per heavy atom. The lowest BCUT2D eigenvalue weighted by Crippen LogP contribution is -2.27. The standard InChI is InChI=1S/C13H18ClNO4/c1-8(17)15-5-4-12(18)13(19)10-6-9(7-16)2-3-11(10)14/h2-3,6,12-13,16,18-19H,4-5,7H2,1H3,(H,15,17). The Morgan fingerprint density at radius 2 is 2.11 bits per heavy atom. The third-order valence-electron chi connectivity index (χ3n) is 2.74. The van der Waals surface area contributed by atoms with Crippen molar-refractivity contribution < 1.29 is 20.1 Å². The largest absolute Gasteiger partial charge is 0.392 e. The van der Waals surface area contributed by atoms with Gasteiger partial charge in [-0.25, -0.2) is 0 Å². The second-order valence-electron chi connectivity index (χ2n) is 4.30. The van der Waals surface area contributed by atoms with Crippen molar-refractivity contribution in [1.29, 1.82) is 0 Å². The molecule has 2 unspecified atom stereocenters. The first-order chi connectivity index (χ1) is 8.95. The number of aliphatic hydroxyl groups excluding tert-OH is 3. The molecular formula is C13H18ClNO4. The van der Waals surface area contributed by atoms with Gasteiger partial charge in [0.25, 0.3) is 0 Å². The first-order valence-corrected chi connectivity index (χ1v) is 6.33. The molecule has 5 nitrogen and oxygen atoms in total. The maximum absolute atomic E-state index is 10.7. The van der Waals surface area contributed by atoms with E-state index in [2.05, 4.69) is 5.32 Å². The summed E-state index contributed by atoms with van der Waals surface area (Å²) in [4.78, 5) is 10.7. The number of carbonyl (C=O) groups is 1. The molecule has 0 aliphatic heterocycles. The molecule has 0 saturated heterocycles. The van der Waals surface area contributed by atoms with Gasteiger partial charge in [0.2, 0.25) is 5.91 Å². The Labute approximate surface area is 116 Å². The first kappa shape index (κ1) is 15.9. The van der Waals surface area contributed by atoms with Crippen LogP contribution in [0.5, 0.6) is 0 Å². The van der Waals surface area contributed by atoms with Gasteiger partial charge in [0, 0.05) is 24.1 Å². The van der Waals surface area contributed by atoms with Crippen LogP contribution in [0, 0.1) is 0 Å². The topological polar surface area (TPSA) is 89.8 Å². The van der Waals surface area contributed by atoms with Crippen LogP contribution in [0.25, 0.3) is 0 Å². The number of halogens is 1. The highest BCUT2D eigenvalue weighted by molar-refractivity contribution is 6.31. The van der Waals surface area contributed by atoms with E-state index in [9.17, 15) is 15.0 Å². The zero-order chi connectivity index (χ0) is 14.4. The molecule has 0 aliphatic carbocycles. The minimum Gasteiger partial charge on any atom is -0.392 e. The molecule has 4 N–H and O–H groups in total. The number of rotatable bonds is 6. The summed E-state index contributed by atoms with van der Waals surface area (Å²) >= 11 is 5.95. The molecule has 0 aliphatic rings. The predicted octanol–water partition coefficient (Wildman–Crippen LogP) is 0.753.